The molecule has 0 fully saturated rings. The van der Waals surface area contributed by atoms with E-state index in [4.69, 9.17) is 17.0 Å². The number of hydrogen-bond acceptors (Lipinski definition) is 7. The molecule has 296 valence electrons. The number of aromatic nitrogens is 2. The average molecular weight is 803 g/mol. The zero-order chi connectivity index (χ0) is 40.1. The third kappa shape index (κ3) is 9.29. The molecule has 0 spiro atoms. The third-order valence-electron chi connectivity index (χ3n) is 10.4. The molecule has 0 aliphatic heterocycles. The topological polar surface area (TPSA) is 137 Å². The minimum atomic E-state index is -4.62. The maximum Gasteiger partial charge on any atom is 0.418 e. The lowest BCUT2D eigenvalue weighted by Crippen LogP contribution is -2.65. The fraction of sp³-hybridized carbons (Fsp3) is 0.462. The van der Waals surface area contributed by atoms with Gasteiger partial charge in [0.2, 0.25) is 11.8 Å². The fourth-order valence-corrected chi connectivity index (χ4v) is 7.95. The smallest absolute Gasteiger partial charge is 0.418 e. The predicted molar refractivity (Wildman–Crippen MR) is 207 cm³/mol. The van der Waals surface area contributed by atoms with Crippen LogP contribution in [0.15, 0.2) is 47.8 Å². The number of nitrogens with one attached hydrogen (secondary N) is 5. The van der Waals surface area contributed by atoms with Gasteiger partial charge in [-0.05, 0) is 61.5 Å². The van der Waals surface area contributed by atoms with Crippen molar-refractivity contribution < 1.29 is 36.7 Å². The SMILES string of the molecule is CCOC(=O)c1csc([C@@H](NC(=O)[C@@]2(NC(=O)[C@@H](NC(=S)NCc3ccccc3F)[C@@H](C)CC)CCc3[nH]c4c(C(F)(F)F)cccc4c3C2)[C@@H](C)CC)n1. The normalized spacial score (nSPS) is 17.7. The van der Waals surface area contributed by atoms with Crippen molar-refractivity contribution in [2.24, 2.45) is 11.8 Å². The number of carbonyl (C=O) groups is 3. The Kier molecular flexibility index (Phi) is 13.2. The summed E-state index contributed by atoms with van der Waals surface area (Å²) in [5, 5.41) is 14.6. The Morgan fingerprint density at radius 3 is 2.44 bits per heavy atom. The van der Waals surface area contributed by atoms with Crippen LogP contribution in [0.25, 0.3) is 10.9 Å². The number of halogens is 4. The summed E-state index contributed by atoms with van der Waals surface area (Å²) < 4.78 is 61.7. The van der Waals surface area contributed by atoms with Gasteiger partial charge in [-0.2, -0.15) is 13.2 Å². The molecule has 2 aromatic carbocycles. The number of thiazole rings is 1. The third-order valence-corrected chi connectivity index (χ3v) is 11.6. The van der Waals surface area contributed by atoms with E-state index in [0.29, 0.717) is 40.1 Å². The molecule has 0 saturated heterocycles. The van der Waals surface area contributed by atoms with Crippen molar-refractivity contribution in [2.45, 2.75) is 97.1 Å². The largest absolute Gasteiger partial charge is 0.461 e. The molecule has 5 N–H and O–H groups in total. The first-order valence-electron chi connectivity index (χ1n) is 18.3. The summed E-state index contributed by atoms with van der Waals surface area (Å²) in [6, 6.07) is 8.53. The number of amides is 2. The quantitative estimate of drug-likeness (QED) is 0.0510. The summed E-state index contributed by atoms with van der Waals surface area (Å²) in [5.41, 5.74) is -0.989. The van der Waals surface area contributed by atoms with Crippen LogP contribution in [-0.4, -0.2) is 51.1 Å². The molecular weight excluding hydrogens is 757 g/mol. The summed E-state index contributed by atoms with van der Waals surface area (Å²) in [4.78, 5) is 49.2. The van der Waals surface area contributed by atoms with Crippen LogP contribution >= 0.6 is 23.6 Å². The molecule has 0 unspecified atom stereocenters. The molecule has 2 amide bonds. The molecule has 5 rings (SSSR count). The molecule has 4 aromatic rings. The number of rotatable bonds is 14. The van der Waals surface area contributed by atoms with Crippen molar-refractivity contribution in [1.82, 2.24) is 31.2 Å². The van der Waals surface area contributed by atoms with Crippen molar-refractivity contribution in [3.63, 3.8) is 0 Å². The van der Waals surface area contributed by atoms with E-state index in [2.05, 4.69) is 31.2 Å². The molecule has 1 aliphatic rings. The number of nitrogens with zero attached hydrogens (tertiary/aromatic N) is 1. The van der Waals surface area contributed by atoms with Gasteiger partial charge in [-0.25, -0.2) is 14.2 Å². The number of para-hydroxylation sites is 1. The van der Waals surface area contributed by atoms with Gasteiger partial charge in [-0.1, -0.05) is 70.9 Å². The van der Waals surface area contributed by atoms with Crippen LogP contribution in [0.1, 0.15) is 97.8 Å². The van der Waals surface area contributed by atoms with E-state index in [1.807, 2.05) is 27.7 Å². The highest BCUT2D eigenvalue weighted by molar-refractivity contribution is 7.80. The summed E-state index contributed by atoms with van der Waals surface area (Å²) in [7, 11) is 0. The fourth-order valence-electron chi connectivity index (χ4n) is 6.78. The monoisotopic (exact) mass is 802 g/mol. The Labute approximate surface area is 326 Å². The molecule has 0 bridgehead atoms. The Hall–Kier alpha value is -4.57. The number of thiocarbonyl (C=S) groups is 1. The van der Waals surface area contributed by atoms with E-state index in [0.717, 1.165) is 6.07 Å². The Morgan fingerprint density at radius 1 is 1.04 bits per heavy atom. The van der Waals surface area contributed by atoms with Crippen molar-refractivity contribution >= 4 is 57.4 Å². The van der Waals surface area contributed by atoms with Gasteiger partial charge in [0.1, 0.15) is 22.4 Å². The highest BCUT2D eigenvalue weighted by Gasteiger charge is 2.47. The predicted octanol–water partition coefficient (Wildman–Crippen LogP) is 7.29. The number of esters is 1. The maximum atomic E-state index is 14.8. The number of hydrogen-bond donors (Lipinski definition) is 5. The Bertz CT molecular complexity index is 2030. The number of carbonyl (C=O) groups excluding carboxylic acids is 3. The van der Waals surface area contributed by atoms with Gasteiger partial charge < -0.3 is 31.0 Å². The summed E-state index contributed by atoms with van der Waals surface area (Å²) in [6.45, 7) is 9.54. The summed E-state index contributed by atoms with van der Waals surface area (Å²) in [5.74, 6) is -2.55. The standard InChI is InChI=1S/C39H46F4N6O4S2/c1-6-21(4)30(48-37(54)44-19-23-12-9-10-15-27(23)40)33(50)49-38(17-16-28-25(18-38)24-13-11-14-26(32(24)45-28)39(41,42)43)36(52)47-31(22(5)7-2)34-46-29(20-55-34)35(51)53-8-3/h9-15,20-22,30-31,45H,6-8,16-19H2,1-5H3,(H,47,52)(H,49,50)(H2,44,48,54)/t21-,22-,30-,31-,38+/m0/s1. The number of aromatic amines is 1. The maximum absolute atomic E-state index is 14.8. The molecular formula is C39H46F4N6O4S2. The molecule has 16 heteroatoms. The Morgan fingerprint density at radius 2 is 1.76 bits per heavy atom. The van der Waals surface area contributed by atoms with Crippen molar-refractivity contribution in [2.75, 3.05) is 6.61 Å². The number of benzene rings is 2. The van der Waals surface area contributed by atoms with E-state index >= 15 is 0 Å². The minimum Gasteiger partial charge on any atom is -0.461 e. The average Bonchev–Trinajstić information content (AvgIpc) is 3.80. The van der Waals surface area contributed by atoms with Crippen LogP contribution < -0.4 is 21.3 Å². The van der Waals surface area contributed by atoms with Crippen LogP contribution in [0.4, 0.5) is 17.6 Å². The van der Waals surface area contributed by atoms with Crippen molar-refractivity contribution in [1.29, 1.82) is 0 Å². The van der Waals surface area contributed by atoms with Gasteiger partial charge in [0, 0.05) is 35.0 Å². The van der Waals surface area contributed by atoms with Gasteiger partial charge in [-0.15, -0.1) is 11.3 Å². The van der Waals surface area contributed by atoms with Crippen molar-refractivity contribution in [3.8, 4) is 0 Å². The van der Waals surface area contributed by atoms with E-state index in [9.17, 15) is 31.9 Å². The van der Waals surface area contributed by atoms with Gasteiger partial charge in [0.05, 0.1) is 23.7 Å². The van der Waals surface area contributed by atoms with Gasteiger partial charge in [0.25, 0.3) is 0 Å². The molecule has 2 heterocycles. The summed E-state index contributed by atoms with van der Waals surface area (Å²) >= 11 is 6.72. The molecule has 5 atom stereocenters. The first-order chi connectivity index (χ1) is 26.1. The van der Waals surface area contributed by atoms with Crippen LogP contribution in [-0.2, 0) is 39.9 Å². The zero-order valence-corrected chi connectivity index (χ0v) is 32.9. The molecule has 10 nitrogen and oxygen atoms in total. The molecule has 0 radical (unpaired) electrons. The molecule has 1 aliphatic carbocycles. The lowest BCUT2D eigenvalue weighted by molar-refractivity contribution is -0.136. The number of aryl methyl sites for hydroxylation is 1. The number of fused-ring (bicyclic) bond motifs is 3. The Balaban J connectivity index is 1.50. The van der Waals surface area contributed by atoms with E-state index < -0.39 is 53.0 Å². The van der Waals surface area contributed by atoms with Crippen LogP contribution in [0.5, 0.6) is 0 Å². The van der Waals surface area contributed by atoms with Gasteiger partial charge >= 0.3 is 12.1 Å². The summed E-state index contributed by atoms with van der Waals surface area (Å²) in [6.07, 6.45) is -3.32. The van der Waals surface area contributed by atoms with E-state index in [1.165, 1.54) is 23.5 Å². The number of alkyl halides is 3. The van der Waals surface area contributed by atoms with Crippen LogP contribution in [0, 0.1) is 17.7 Å². The molecule has 55 heavy (non-hydrogen) atoms. The highest BCUT2D eigenvalue weighted by Crippen LogP contribution is 2.40. The minimum absolute atomic E-state index is 0.0636. The lowest BCUT2D eigenvalue weighted by atomic mass is 9.78. The first kappa shape index (κ1) is 41.6. The van der Waals surface area contributed by atoms with Crippen LogP contribution in [0.3, 0.4) is 0 Å². The first-order valence-corrected chi connectivity index (χ1v) is 19.6. The zero-order valence-electron chi connectivity index (χ0n) is 31.3. The van der Waals surface area contributed by atoms with Gasteiger partial charge in [0.15, 0.2) is 10.8 Å². The van der Waals surface area contributed by atoms with Crippen molar-refractivity contribution in [3.05, 3.63) is 86.7 Å². The van der Waals surface area contributed by atoms with Crippen LogP contribution in [0.2, 0.25) is 0 Å². The second-order valence-corrected chi connectivity index (χ2v) is 15.3. The second kappa shape index (κ2) is 17.5. The lowest BCUT2D eigenvalue weighted by Gasteiger charge is -2.40. The van der Waals surface area contributed by atoms with E-state index in [-0.39, 0.29) is 60.6 Å². The molecule has 0 saturated carbocycles. The second-order valence-electron chi connectivity index (χ2n) is 14.0. The molecule has 2 aromatic heterocycles. The number of ether oxygens (including phenoxy) is 1. The highest BCUT2D eigenvalue weighted by atomic mass is 32.1. The van der Waals surface area contributed by atoms with Gasteiger partial charge in [-0.3, -0.25) is 9.59 Å². The number of H-pyrrole nitrogens is 1. The van der Waals surface area contributed by atoms with E-state index in [1.54, 1.807) is 36.6 Å².